The van der Waals surface area contributed by atoms with E-state index in [1.54, 1.807) is 17.4 Å². The number of hydrogen-bond donors (Lipinski definition) is 1. The SMILES string of the molecule is Cc1sc(-n2c(C)cc(/C=C3\C(=O)NC(=O)N(c4ccc(C56CC7CC(CC(C7)C5)C6)cc4)C3=O)c2C)c(C#N)c1C. The van der Waals surface area contributed by atoms with Gasteiger partial charge in [-0.05, 0) is 130 Å². The normalized spacial score (nSPS) is 27.6. The highest BCUT2D eigenvalue weighted by Crippen LogP contribution is 2.60. The molecule has 1 N–H and O–H groups in total. The van der Waals surface area contributed by atoms with Crippen molar-refractivity contribution in [2.45, 2.75) is 71.6 Å². The van der Waals surface area contributed by atoms with Crippen LogP contribution in [0.3, 0.4) is 0 Å². The Labute approximate surface area is 249 Å². The van der Waals surface area contributed by atoms with Gasteiger partial charge in [-0.2, -0.15) is 5.26 Å². The Balaban J connectivity index is 1.20. The number of nitriles is 1. The molecular weight excluding hydrogens is 544 g/mol. The lowest BCUT2D eigenvalue weighted by Gasteiger charge is -2.57. The van der Waals surface area contributed by atoms with Crippen molar-refractivity contribution < 1.29 is 14.4 Å². The van der Waals surface area contributed by atoms with Gasteiger partial charge in [0.05, 0.1) is 11.3 Å². The number of nitrogens with one attached hydrogen (secondary N) is 1. The fraction of sp³-hybridized carbons (Fsp3) is 0.412. The summed E-state index contributed by atoms with van der Waals surface area (Å²) < 4.78 is 1.99. The maximum absolute atomic E-state index is 13.7. The van der Waals surface area contributed by atoms with E-state index in [4.69, 9.17) is 0 Å². The first-order valence-electron chi connectivity index (χ1n) is 14.8. The van der Waals surface area contributed by atoms with E-state index >= 15 is 0 Å². The summed E-state index contributed by atoms with van der Waals surface area (Å²) >= 11 is 1.54. The fourth-order valence-electron chi connectivity index (χ4n) is 8.62. The van der Waals surface area contributed by atoms with Crippen molar-refractivity contribution in [1.29, 1.82) is 5.26 Å². The predicted molar refractivity (Wildman–Crippen MR) is 163 cm³/mol. The van der Waals surface area contributed by atoms with Crippen LogP contribution in [-0.4, -0.2) is 22.4 Å². The van der Waals surface area contributed by atoms with E-state index in [1.807, 2.05) is 50.5 Å². The van der Waals surface area contributed by atoms with Crippen molar-refractivity contribution >= 4 is 40.9 Å². The van der Waals surface area contributed by atoms with E-state index in [2.05, 4.69) is 23.5 Å². The minimum Gasteiger partial charge on any atom is -0.308 e. The first-order chi connectivity index (χ1) is 20.1. The summed E-state index contributed by atoms with van der Waals surface area (Å²) in [5, 5.41) is 13.0. The molecule has 1 aromatic carbocycles. The van der Waals surface area contributed by atoms with Crippen LogP contribution in [0, 0.1) is 56.8 Å². The number of anilines is 1. The molecule has 4 bridgehead atoms. The van der Waals surface area contributed by atoms with E-state index in [-0.39, 0.29) is 11.0 Å². The van der Waals surface area contributed by atoms with Crippen molar-refractivity contribution in [2.75, 3.05) is 4.90 Å². The van der Waals surface area contributed by atoms with E-state index in [0.717, 1.165) is 49.5 Å². The molecule has 3 aromatic rings. The third kappa shape index (κ3) is 4.01. The van der Waals surface area contributed by atoms with Crippen LogP contribution in [0.1, 0.15) is 77.0 Å². The topological polar surface area (TPSA) is 95.2 Å². The lowest BCUT2D eigenvalue weighted by Crippen LogP contribution is -2.54. The summed E-state index contributed by atoms with van der Waals surface area (Å²) in [6.07, 6.45) is 9.39. The number of barbiturate groups is 1. The van der Waals surface area contributed by atoms with Gasteiger partial charge < -0.3 is 4.57 Å². The number of urea groups is 1. The number of benzene rings is 1. The Hall–Kier alpha value is -3.96. The van der Waals surface area contributed by atoms with Gasteiger partial charge in [-0.15, -0.1) is 11.3 Å². The fourth-order valence-corrected chi connectivity index (χ4v) is 9.84. The number of imide groups is 2. The quantitative estimate of drug-likeness (QED) is 0.273. The molecule has 7 nitrogen and oxygen atoms in total. The molecule has 5 aliphatic rings. The van der Waals surface area contributed by atoms with Crippen LogP contribution in [0.2, 0.25) is 0 Å². The average molecular weight is 579 g/mol. The van der Waals surface area contributed by atoms with Crippen molar-refractivity contribution in [3.63, 3.8) is 0 Å². The maximum atomic E-state index is 13.7. The molecule has 4 saturated carbocycles. The third-order valence-electron chi connectivity index (χ3n) is 10.3. The summed E-state index contributed by atoms with van der Waals surface area (Å²) in [6, 6.07) is 11.4. The third-order valence-corrected chi connectivity index (χ3v) is 11.5. The van der Waals surface area contributed by atoms with Crippen LogP contribution >= 0.6 is 11.3 Å². The van der Waals surface area contributed by atoms with E-state index in [1.165, 1.54) is 44.1 Å². The number of amides is 4. The lowest BCUT2D eigenvalue weighted by molar-refractivity contribution is -0.122. The summed E-state index contributed by atoms with van der Waals surface area (Å²) in [5.74, 6) is 1.12. The first-order valence-corrected chi connectivity index (χ1v) is 15.6. The number of nitrogens with zero attached hydrogens (tertiary/aromatic N) is 3. The zero-order valence-electron chi connectivity index (χ0n) is 24.4. The van der Waals surface area contributed by atoms with Gasteiger partial charge in [0, 0.05) is 16.3 Å². The second-order valence-corrected chi connectivity index (χ2v) is 14.1. The van der Waals surface area contributed by atoms with Gasteiger partial charge in [-0.3, -0.25) is 14.9 Å². The molecule has 0 unspecified atom stereocenters. The number of carbonyl (C=O) groups excluding carboxylic acids is 3. The molecule has 214 valence electrons. The van der Waals surface area contributed by atoms with Crippen LogP contribution in [-0.2, 0) is 15.0 Å². The highest BCUT2D eigenvalue weighted by atomic mass is 32.1. The van der Waals surface area contributed by atoms with E-state index in [0.29, 0.717) is 16.8 Å². The molecular formula is C34H34N4O3S. The largest absolute Gasteiger partial charge is 0.335 e. The minimum absolute atomic E-state index is 0.0981. The maximum Gasteiger partial charge on any atom is 0.335 e. The van der Waals surface area contributed by atoms with Crippen LogP contribution in [0.5, 0.6) is 0 Å². The Morgan fingerprint density at radius 2 is 1.60 bits per heavy atom. The number of thiophene rings is 1. The standard InChI is InChI=1S/C34H34N4O3S/c1-18-9-25(20(3)37(18)32-29(17-35)19(2)21(4)42-32)13-28-30(39)36-33(41)38(31(28)40)27-7-5-26(6-8-27)34-14-22-10-23(15-34)12-24(11-22)16-34/h5-9,13,22-24H,10-12,14-16H2,1-4H3,(H,36,39,41)/b28-13+. The highest BCUT2D eigenvalue weighted by molar-refractivity contribution is 7.14. The first kappa shape index (κ1) is 26.9. The average Bonchev–Trinajstić information content (AvgIpc) is 3.38. The molecule has 5 fully saturated rings. The van der Waals surface area contributed by atoms with Gasteiger partial charge in [-0.1, -0.05) is 12.1 Å². The molecule has 0 radical (unpaired) electrons. The summed E-state index contributed by atoms with van der Waals surface area (Å²) in [4.78, 5) is 41.7. The van der Waals surface area contributed by atoms with Crippen molar-refractivity contribution in [1.82, 2.24) is 9.88 Å². The van der Waals surface area contributed by atoms with Gasteiger partial charge in [0.1, 0.15) is 16.6 Å². The predicted octanol–water partition coefficient (Wildman–Crippen LogP) is 6.78. The molecule has 3 heterocycles. The zero-order valence-corrected chi connectivity index (χ0v) is 25.2. The summed E-state index contributed by atoms with van der Waals surface area (Å²) in [7, 11) is 0. The molecule has 8 heteroatoms. The van der Waals surface area contributed by atoms with Gasteiger partial charge in [0.2, 0.25) is 0 Å². The zero-order chi connectivity index (χ0) is 29.5. The second kappa shape index (κ2) is 9.53. The minimum atomic E-state index is -0.738. The van der Waals surface area contributed by atoms with Crippen molar-refractivity contribution in [3.8, 4) is 11.1 Å². The van der Waals surface area contributed by atoms with Gasteiger partial charge in [0.15, 0.2) is 0 Å². The van der Waals surface area contributed by atoms with Crippen molar-refractivity contribution in [3.05, 3.63) is 74.4 Å². The second-order valence-electron chi connectivity index (χ2n) is 12.9. The number of hydrogen-bond acceptors (Lipinski definition) is 5. The van der Waals surface area contributed by atoms with Crippen molar-refractivity contribution in [2.24, 2.45) is 17.8 Å². The Kier molecular flexibility index (Phi) is 6.11. The Morgan fingerprint density at radius 3 is 2.19 bits per heavy atom. The molecule has 0 spiro atoms. The number of rotatable bonds is 4. The molecule has 1 aliphatic heterocycles. The van der Waals surface area contributed by atoms with E-state index < -0.39 is 17.8 Å². The lowest BCUT2D eigenvalue weighted by atomic mass is 9.48. The number of carbonyl (C=O) groups is 3. The van der Waals surface area contributed by atoms with Crippen LogP contribution in [0.15, 0.2) is 35.9 Å². The highest BCUT2D eigenvalue weighted by Gasteiger charge is 2.51. The van der Waals surface area contributed by atoms with Crippen LogP contribution < -0.4 is 10.2 Å². The van der Waals surface area contributed by atoms with Crippen LogP contribution in [0.25, 0.3) is 11.1 Å². The van der Waals surface area contributed by atoms with Gasteiger partial charge in [-0.25, -0.2) is 9.69 Å². The molecule has 1 saturated heterocycles. The Morgan fingerprint density at radius 1 is 0.976 bits per heavy atom. The monoisotopic (exact) mass is 578 g/mol. The number of aryl methyl sites for hydroxylation is 2. The van der Waals surface area contributed by atoms with E-state index in [9.17, 15) is 19.6 Å². The molecule has 42 heavy (non-hydrogen) atoms. The number of aromatic nitrogens is 1. The van der Waals surface area contributed by atoms with Gasteiger partial charge >= 0.3 is 6.03 Å². The summed E-state index contributed by atoms with van der Waals surface area (Å²) in [6.45, 7) is 7.78. The van der Waals surface area contributed by atoms with Gasteiger partial charge in [0.25, 0.3) is 11.8 Å². The Bertz CT molecular complexity index is 1710. The molecule has 8 rings (SSSR count). The smallest absolute Gasteiger partial charge is 0.308 e. The molecule has 0 atom stereocenters. The summed E-state index contributed by atoms with van der Waals surface area (Å²) in [5.41, 5.74) is 5.84. The molecule has 2 aromatic heterocycles. The molecule has 4 aliphatic carbocycles. The van der Waals surface area contributed by atoms with Crippen LogP contribution in [0.4, 0.5) is 10.5 Å². The molecule has 4 amide bonds.